The van der Waals surface area contributed by atoms with Crippen molar-refractivity contribution in [3.63, 3.8) is 0 Å². The van der Waals surface area contributed by atoms with Gasteiger partial charge in [-0.2, -0.15) is 4.80 Å². The van der Waals surface area contributed by atoms with Gasteiger partial charge in [-0.05, 0) is 53.8 Å². The lowest BCUT2D eigenvalue weighted by molar-refractivity contribution is -0.144. The highest BCUT2D eigenvalue weighted by atomic mass is 32.1. The molecule has 0 spiro atoms. The first-order valence-corrected chi connectivity index (χ1v) is 13.5. The Morgan fingerprint density at radius 3 is 2.68 bits per heavy atom. The van der Waals surface area contributed by atoms with E-state index in [1.165, 1.54) is 27.5 Å². The topological polar surface area (TPSA) is 102 Å². The van der Waals surface area contributed by atoms with Gasteiger partial charge in [-0.3, -0.25) is 9.59 Å². The molecule has 0 aromatic carbocycles. The van der Waals surface area contributed by atoms with Gasteiger partial charge in [-0.25, -0.2) is 0 Å². The number of carbonyl (C=O) groups is 2. The van der Waals surface area contributed by atoms with Gasteiger partial charge < -0.3 is 15.0 Å². The SMILES string of the molecule is O=C(NC[C@@H]1CCCO1)[C@H](c1cccs1)N(C(=O)Cn1nnc(-c2cccs2)n1)C1CCCC1. The Balaban J connectivity index is 1.37. The molecular formula is C23H28N6O3S2. The standard InChI is InChI=1S/C23H28N6O3S2/c30-20(15-28-26-22(25-27-28)19-10-5-13-34-19)29(16-6-1-2-7-16)21(18-9-4-12-33-18)23(31)24-14-17-8-3-11-32-17/h4-5,9-10,12-13,16-17,21H,1-3,6-8,11,14-15H2,(H,24,31)/t17-,21-/m0/s1. The van der Waals surface area contributed by atoms with E-state index in [0.717, 1.165) is 54.9 Å². The highest BCUT2D eigenvalue weighted by Gasteiger charge is 2.38. The Bertz CT molecular complexity index is 1070. The van der Waals surface area contributed by atoms with Gasteiger partial charge in [-0.1, -0.05) is 25.0 Å². The van der Waals surface area contributed by atoms with Crippen LogP contribution < -0.4 is 5.32 Å². The van der Waals surface area contributed by atoms with E-state index >= 15 is 0 Å². The zero-order chi connectivity index (χ0) is 23.3. The van der Waals surface area contributed by atoms with Gasteiger partial charge >= 0.3 is 0 Å². The number of tetrazole rings is 1. The predicted octanol–water partition coefficient (Wildman–Crippen LogP) is 3.27. The number of rotatable bonds is 9. The fourth-order valence-electron chi connectivity index (χ4n) is 4.71. The maximum Gasteiger partial charge on any atom is 0.248 e. The normalized spacial score (nSPS) is 19.4. The largest absolute Gasteiger partial charge is 0.376 e. The summed E-state index contributed by atoms with van der Waals surface area (Å²) in [7, 11) is 0. The number of ether oxygens (including phenoxy) is 1. The summed E-state index contributed by atoms with van der Waals surface area (Å²) in [4.78, 5) is 32.1. The van der Waals surface area contributed by atoms with E-state index < -0.39 is 6.04 Å². The average Bonchev–Trinajstić information content (AvgIpc) is 3.67. The molecule has 2 aliphatic rings. The summed E-state index contributed by atoms with van der Waals surface area (Å²) in [6.45, 7) is 1.14. The lowest BCUT2D eigenvalue weighted by Crippen LogP contribution is -2.49. The van der Waals surface area contributed by atoms with Gasteiger partial charge in [0.2, 0.25) is 17.6 Å². The van der Waals surface area contributed by atoms with Crippen LogP contribution in [-0.4, -0.2) is 62.2 Å². The molecule has 34 heavy (non-hydrogen) atoms. The molecule has 1 saturated heterocycles. The molecule has 2 amide bonds. The number of hydrogen-bond acceptors (Lipinski definition) is 8. The fourth-order valence-corrected chi connectivity index (χ4v) is 6.18. The molecule has 180 valence electrons. The second kappa shape index (κ2) is 10.7. The number of nitrogens with zero attached hydrogens (tertiary/aromatic N) is 5. The second-order valence-corrected chi connectivity index (χ2v) is 10.6. The first-order chi connectivity index (χ1) is 16.7. The van der Waals surface area contributed by atoms with E-state index in [4.69, 9.17) is 4.74 Å². The molecular weight excluding hydrogens is 472 g/mol. The van der Waals surface area contributed by atoms with Crippen LogP contribution in [0.3, 0.4) is 0 Å². The van der Waals surface area contributed by atoms with Crippen molar-refractivity contribution in [1.82, 2.24) is 30.4 Å². The summed E-state index contributed by atoms with van der Waals surface area (Å²) in [5, 5.41) is 19.5. The van der Waals surface area contributed by atoms with E-state index in [0.29, 0.717) is 12.4 Å². The highest BCUT2D eigenvalue weighted by Crippen LogP contribution is 2.34. The van der Waals surface area contributed by atoms with Gasteiger partial charge in [0.25, 0.3) is 0 Å². The molecule has 2 fully saturated rings. The quantitative estimate of drug-likeness (QED) is 0.484. The van der Waals surface area contributed by atoms with Crippen LogP contribution in [0.15, 0.2) is 35.0 Å². The molecule has 3 aromatic heterocycles. The van der Waals surface area contributed by atoms with Gasteiger partial charge in [0.1, 0.15) is 12.6 Å². The number of carbonyl (C=O) groups excluding carboxylic acids is 2. The van der Waals surface area contributed by atoms with Crippen molar-refractivity contribution in [2.45, 2.75) is 63.3 Å². The summed E-state index contributed by atoms with van der Waals surface area (Å²) in [5.74, 6) is 0.163. The minimum Gasteiger partial charge on any atom is -0.376 e. The molecule has 11 heteroatoms. The number of aromatic nitrogens is 4. The van der Waals surface area contributed by atoms with Crippen LogP contribution >= 0.6 is 22.7 Å². The first-order valence-electron chi connectivity index (χ1n) is 11.7. The molecule has 9 nitrogen and oxygen atoms in total. The summed E-state index contributed by atoms with van der Waals surface area (Å²) >= 11 is 3.02. The minimum absolute atomic E-state index is 0.00775. The molecule has 1 saturated carbocycles. The Hall–Kier alpha value is -2.63. The second-order valence-electron chi connectivity index (χ2n) is 8.66. The average molecular weight is 501 g/mol. The summed E-state index contributed by atoms with van der Waals surface area (Å²) in [6, 6.07) is 7.02. The molecule has 5 rings (SSSR count). The molecule has 1 N–H and O–H groups in total. The van der Waals surface area contributed by atoms with Crippen LogP contribution in [-0.2, 0) is 20.9 Å². The number of thiophene rings is 2. The summed E-state index contributed by atoms with van der Waals surface area (Å²) < 4.78 is 5.67. The Morgan fingerprint density at radius 1 is 1.15 bits per heavy atom. The predicted molar refractivity (Wildman–Crippen MR) is 129 cm³/mol. The Labute approximate surface area is 206 Å². The van der Waals surface area contributed by atoms with Crippen LogP contribution in [0, 0.1) is 0 Å². The zero-order valence-electron chi connectivity index (χ0n) is 18.8. The van der Waals surface area contributed by atoms with Crippen LogP contribution in [0.25, 0.3) is 10.7 Å². The highest BCUT2D eigenvalue weighted by molar-refractivity contribution is 7.13. The third-order valence-electron chi connectivity index (χ3n) is 6.34. The number of hydrogen-bond donors (Lipinski definition) is 1. The molecule has 0 bridgehead atoms. The molecule has 2 atom stereocenters. The van der Waals surface area contributed by atoms with E-state index in [1.807, 2.05) is 35.0 Å². The van der Waals surface area contributed by atoms with Crippen molar-refractivity contribution in [3.8, 4) is 10.7 Å². The minimum atomic E-state index is -0.683. The third-order valence-corrected chi connectivity index (χ3v) is 8.13. The van der Waals surface area contributed by atoms with Crippen molar-refractivity contribution in [3.05, 3.63) is 39.9 Å². The zero-order valence-corrected chi connectivity index (χ0v) is 20.5. The molecule has 1 aliphatic heterocycles. The summed E-state index contributed by atoms with van der Waals surface area (Å²) in [6.07, 6.45) is 5.87. The van der Waals surface area contributed by atoms with E-state index in [2.05, 4.69) is 20.7 Å². The van der Waals surface area contributed by atoms with E-state index in [9.17, 15) is 9.59 Å². The van der Waals surface area contributed by atoms with Crippen molar-refractivity contribution in [1.29, 1.82) is 0 Å². The third kappa shape index (κ3) is 5.21. The Morgan fingerprint density at radius 2 is 1.97 bits per heavy atom. The fraction of sp³-hybridized carbons (Fsp3) is 0.522. The number of nitrogens with one attached hydrogen (secondary N) is 1. The smallest absolute Gasteiger partial charge is 0.248 e. The van der Waals surface area contributed by atoms with E-state index in [-0.39, 0.29) is 30.5 Å². The van der Waals surface area contributed by atoms with Crippen molar-refractivity contribution >= 4 is 34.5 Å². The molecule has 0 radical (unpaired) electrons. The van der Waals surface area contributed by atoms with E-state index in [1.54, 1.807) is 4.90 Å². The maximum atomic E-state index is 13.7. The molecule has 4 heterocycles. The lowest BCUT2D eigenvalue weighted by atomic mass is 10.1. The van der Waals surface area contributed by atoms with Gasteiger partial charge in [0, 0.05) is 24.1 Å². The monoisotopic (exact) mass is 500 g/mol. The van der Waals surface area contributed by atoms with Gasteiger partial charge in [0.05, 0.1) is 11.0 Å². The van der Waals surface area contributed by atoms with Gasteiger partial charge in [-0.15, -0.1) is 32.9 Å². The maximum absolute atomic E-state index is 13.7. The van der Waals surface area contributed by atoms with Crippen molar-refractivity contribution < 1.29 is 14.3 Å². The van der Waals surface area contributed by atoms with Crippen LogP contribution in [0.5, 0.6) is 0 Å². The Kier molecular flexibility index (Phi) is 7.31. The van der Waals surface area contributed by atoms with Gasteiger partial charge in [0.15, 0.2) is 0 Å². The molecule has 1 aliphatic carbocycles. The van der Waals surface area contributed by atoms with Crippen molar-refractivity contribution in [2.24, 2.45) is 0 Å². The van der Waals surface area contributed by atoms with Crippen LogP contribution in [0.1, 0.15) is 49.4 Å². The summed E-state index contributed by atoms with van der Waals surface area (Å²) in [5.41, 5.74) is 0. The lowest BCUT2D eigenvalue weighted by Gasteiger charge is -2.35. The van der Waals surface area contributed by atoms with Crippen LogP contribution in [0.2, 0.25) is 0 Å². The number of amides is 2. The van der Waals surface area contributed by atoms with Crippen molar-refractivity contribution in [2.75, 3.05) is 13.2 Å². The molecule has 3 aromatic rings. The molecule has 0 unspecified atom stereocenters. The van der Waals surface area contributed by atoms with Crippen LogP contribution in [0.4, 0.5) is 0 Å². The first kappa shape index (κ1) is 23.1.